The third-order valence-electron chi connectivity index (χ3n) is 5.39. The summed E-state index contributed by atoms with van der Waals surface area (Å²) in [4.78, 5) is 33.6. The Morgan fingerprint density at radius 2 is 1.62 bits per heavy atom. The molecule has 2 amide bonds. The van der Waals surface area contributed by atoms with Crippen LogP contribution in [0, 0.1) is 0 Å². The average molecular weight is 385 g/mol. The van der Waals surface area contributed by atoms with Crippen LogP contribution in [0.4, 0.5) is 11.4 Å². The molecule has 1 aliphatic rings. The monoisotopic (exact) mass is 385 g/mol. The zero-order chi connectivity index (χ0) is 20.4. The minimum atomic E-state index is -0.136. The van der Waals surface area contributed by atoms with Crippen molar-refractivity contribution in [3.8, 4) is 0 Å². The van der Waals surface area contributed by atoms with Crippen molar-refractivity contribution < 1.29 is 9.59 Å². The Labute approximate surface area is 170 Å². The quantitative estimate of drug-likeness (QED) is 0.661. The van der Waals surface area contributed by atoms with Gasteiger partial charge >= 0.3 is 0 Å². The number of carbonyl (C=O) groups is 2. The topological polar surface area (TPSA) is 53.5 Å². The zero-order valence-corrected chi connectivity index (χ0v) is 16.5. The summed E-state index contributed by atoms with van der Waals surface area (Å²) in [6.45, 7) is 3.63. The van der Waals surface area contributed by atoms with E-state index < -0.39 is 0 Å². The standard InChI is InChI=1S/C24H23N3O2/c1-17-16-23(27(18(2)28)20-8-4-3-5-9-20)21-10-6-7-11-22(21)26(17)24(29)19-12-14-25-15-13-19/h3-15,17,23H,16H2,1-2H3/t17-,23+/m0/s1. The first-order chi connectivity index (χ1) is 14.1. The second kappa shape index (κ2) is 7.87. The van der Waals surface area contributed by atoms with E-state index in [9.17, 15) is 9.59 Å². The molecule has 29 heavy (non-hydrogen) atoms. The number of aromatic nitrogens is 1. The average Bonchev–Trinajstić information content (AvgIpc) is 2.75. The van der Waals surface area contributed by atoms with E-state index in [1.807, 2.05) is 71.3 Å². The second-order valence-corrected chi connectivity index (χ2v) is 7.29. The lowest BCUT2D eigenvalue weighted by molar-refractivity contribution is -0.117. The molecular weight excluding hydrogens is 362 g/mol. The first-order valence-corrected chi connectivity index (χ1v) is 9.75. The van der Waals surface area contributed by atoms with E-state index in [4.69, 9.17) is 0 Å². The molecule has 4 rings (SSSR count). The Kier molecular flexibility index (Phi) is 5.12. The Morgan fingerprint density at radius 3 is 2.31 bits per heavy atom. The number of hydrogen-bond donors (Lipinski definition) is 0. The van der Waals surface area contributed by atoms with Crippen molar-refractivity contribution >= 4 is 23.2 Å². The maximum atomic E-state index is 13.3. The first-order valence-electron chi connectivity index (χ1n) is 9.75. The molecule has 0 aliphatic carbocycles. The fraction of sp³-hybridized carbons (Fsp3) is 0.208. The van der Waals surface area contributed by atoms with E-state index in [0.29, 0.717) is 12.0 Å². The minimum Gasteiger partial charge on any atom is -0.305 e. The fourth-order valence-electron chi connectivity index (χ4n) is 4.14. The van der Waals surface area contributed by atoms with E-state index >= 15 is 0 Å². The highest BCUT2D eigenvalue weighted by Crippen LogP contribution is 2.42. The van der Waals surface area contributed by atoms with Crippen molar-refractivity contribution in [1.29, 1.82) is 0 Å². The van der Waals surface area contributed by atoms with Gasteiger partial charge in [0, 0.05) is 42.3 Å². The Morgan fingerprint density at radius 1 is 0.966 bits per heavy atom. The molecule has 5 nitrogen and oxygen atoms in total. The molecule has 3 aromatic rings. The maximum Gasteiger partial charge on any atom is 0.258 e. The van der Waals surface area contributed by atoms with E-state index in [-0.39, 0.29) is 23.9 Å². The summed E-state index contributed by atoms with van der Waals surface area (Å²) in [6.07, 6.45) is 3.91. The van der Waals surface area contributed by atoms with Crippen LogP contribution in [0.1, 0.15) is 42.2 Å². The Bertz CT molecular complexity index is 1020. The third-order valence-corrected chi connectivity index (χ3v) is 5.39. The van der Waals surface area contributed by atoms with Gasteiger partial charge in [-0.15, -0.1) is 0 Å². The maximum absolute atomic E-state index is 13.3. The number of carbonyl (C=O) groups excluding carboxylic acids is 2. The normalized spacial score (nSPS) is 18.1. The molecule has 1 aliphatic heterocycles. The van der Waals surface area contributed by atoms with Crippen LogP contribution < -0.4 is 9.80 Å². The number of benzene rings is 2. The van der Waals surface area contributed by atoms with Crippen LogP contribution in [0.2, 0.25) is 0 Å². The summed E-state index contributed by atoms with van der Waals surface area (Å²) in [7, 11) is 0. The summed E-state index contributed by atoms with van der Waals surface area (Å²) in [5, 5.41) is 0. The van der Waals surface area contributed by atoms with Gasteiger partial charge in [-0.1, -0.05) is 36.4 Å². The van der Waals surface area contributed by atoms with Crippen molar-refractivity contribution in [1.82, 2.24) is 4.98 Å². The van der Waals surface area contributed by atoms with Crippen LogP contribution in [0.25, 0.3) is 0 Å². The van der Waals surface area contributed by atoms with Crippen LogP contribution in [-0.4, -0.2) is 22.8 Å². The molecule has 0 bridgehead atoms. The molecule has 0 fully saturated rings. The van der Waals surface area contributed by atoms with Crippen LogP contribution in [0.3, 0.4) is 0 Å². The van der Waals surface area contributed by atoms with Gasteiger partial charge in [-0.25, -0.2) is 0 Å². The van der Waals surface area contributed by atoms with Crippen molar-refractivity contribution in [2.45, 2.75) is 32.4 Å². The predicted molar refractivity (Wildman–Crippen MR) is 114 cm³/mol. The van der Waals surface area contributed by atoms with E-state index in [1.54, 1.807) is 31.5 Å². The largest absolute Gasteiger partial charge is 0.305 e. The van der Waals surface area contributed by atoms with Crippen molar-refractivity contribution in [2.24, 2.45) is 0 Å². The molecule has 1 aromatic heterocycles. The summed E-state index contributed by atoms with van der Waals surface area (Å²) in [6, 6.07) is 20.8. The predicted octanol–water partition coefficient (Wildman–Crippen LogP) is 4.61. The molecule has 0 saturated heterocycles. The number of pyridine rings is 1. The van der Waals surface area contributed by atoms with Gasteiger partial charge in [-0.05, 0) is 49.2 Å². The van der Waals surface area contributed by atoms with Gasteiger partial charge in [-0.3, -0.25) is 14.6 Å². The van der Waals surface area contributed by atoms with Crippen molar-refractivity contribution in [3.05, 3.63) is 90.3 Å². The lowest BCUT2D eigenvalue weighted by atomic mass is 9.89. The molecule has 2 atom stereocenters. The van der Waals surface area contributed by atoms with Crippen LogP contribution in [0.15, 0.2) is 79.1 Å². The molecular formula is C24H23N3O2. The number of rotatable bonds is 3. The number of hydrogen-bond acceptors (Lipinski definition) is 3. The Balaban J connectivity index is 1.79. The first kappa shape index (κ1) is 18.9. The second-order valence-electron chi connectivity index (χ2n) is 7.29. The molecule has 2 aromatic carbocycles. The highest BCUT2D eigenvalue weighted by Gasteiger charge is 2.37. The molecule has 0 spiro atoms. The molecule has 5 heteroatoms. The number of amides is 2. The smallest absolute Gasteiger partial charge is 0.258 e. The summed E-state index contributed by atoms with van der Waals surface area (Å²) in [5.74, 6) is -0.0722. The molecule has 0 saturated carbocycles. The van der Waals surface area contributed by atoms with Gasteiger partial charge in [-0.2, -0.15) is 0 Å². The van der Waals surface area contributed by atoms with E-state index in [2.05, 4.69) is 4.98 Å². The molecule has 0 N–H and O–H groups in total. The fourth-order valence-corrected chi connectivity index (χ4v) is 4.14. The summed E-state index contributed by atoms with van der Waals surface area (Å²) >= 11 is 0. The highest BCUT2D eigenvalue weighted by molar-refractivity contribution is 6.07. The van der Waals surface area contributed by atoms with Crippen LogP contribution in [-0.2, 0) is 4.79 Å². The summed E-state index contributed by atoms with van der Waals surface area (Å²) < 4.78 is 0. The Hall–Kier alpha value is -3.47. The number of fused-ring (bicyclic) bond motifs is 1. The molecule has 0 radical (unpaired) electrons. The van der Waals surface area contributed by atoms with Gasteiger partial charge in [0.25, 0.3) is 5.91 Å². The lowest BCUT2D eigenvalue weighted by Crippen LogP contribution is -2.47. The van der Waals surface area contributed by atoms with Gasteiger partial charge in [0.1, 0.15) is 0 Å². The zero-order valence-electron chi connectivity index (χ0n) is 16.5. The molecule has 0 unspecified atom stereocenters. The summed E-state index contributed by atoms with van der Waals surface area (Å²) in [5.41, 5.74) is 3.29. The minimum absolute atomic E-state index is 0.0166. The van der Waals surface area contributed by atoms with E-state index in [1.165, 1.54) is 0 Å². The number of para-hydroxylation sites is 2. The molecule has 2 heterocycles. The third kappa shape index (κ3) is 3.51. The highest BCUT2D eigenvalue weighted by atomic mass is 16.2. The van der Waals surface area contributed by atoms with Crippen LogP contribution >= 0.6 is 0 Å². The van der Waals surface area contributed by atoms with Gasteiger partial charge < -0.3 is 9.80 Å². The lowest BCUT2D eigenvalue weighted by Gasteiger charge is -2.43. The van der Waals surface area contributed by atoms with Crippen molar-refractivity contribution in [2.75, 3.05) is 9.80 Å². The van der Waals surface area contributed by atoms with Crippen molar-refractivity contribution in [3.63, 3.8) is 0 Å². The molecule has 146 valence electrons. The number of nitrogens with zero attached hydrogens (tertiary/aromatic N) is 3. The van der Waals surface area contributed by atoms with E-state index in [0.717, 1.165) is 16.9 Å². The number of anilines is 2. The van der Waals surface area contributed by atoms with Gasteiger partial charge in [0.2, 0.25) is 5.91 Å². The van der Waals surface area contributed by atoms with Gasteiger partial charge in [0.15, 0.2) is 0 Å². The SMILES string of the molecule is CC(=O)N(c1ccccc1)[C@@H]1C[C@H](C)N(C(=O)c2ccncc2)c2ccccc21. The van der Waals surface area contributed by atoms with Gasteiger partial charge in [0.05, 0.1) is 6.04 Å². The van der Waals surface area contributed by atoms with Crippen LogP contribution in [0.5, 0.6) is 0 Å².